The number of Topliss-reactive ketones (excluding diaryl/α,β-unsaturated/α-hetero) is 1. The Labute approximate surface area is 121 Å². The zero-order valence-electron chi connectivity index (χ0n) is 12.7. The molecule has 1 atom stereocenters. The molecular formula is C17H24FNO. The van der Waals surface area contributed by atoms with Gasteiger partial charge in [-0.3, -0.25) is 4.79 Å². The van der Waals surface area contributed by atoms with Gasteiger partial charge >= 0.3 is 0 Å². The third-order valence-electron chi connectivity index (χ3n) is 4.33. The molecule has 20 heavy (non-hydrogen) atoms. The zero-order valence-corrected chi connectivity index (χ0v) is 12.7. The predicted molar refractivity (Wildman–Crippen MR) is 79.3 cm³/mol. The highest BCUT2D eigenvalue weighted by molar-refractivity contribution is 5.96. The number of benzene rings is 1. The van der Waals surface area contributed by atoms with Gasteiger partial charge in [-0.15, -0.1) is 0 Å². The van der Waals surface area contributed by atoms with Crippen LogP contribution in [-0.4, -0.2) is 30.3 Å². The van der Waals surface area contributed by atoms with Crippen LogP contribution in [0.5, 0.6) is 0 Å². The summed E-state index contributed by atoms with van der Waals surface area (Å²) in [5.74, 6) is 0.180. The van der Waals surface area contributed by atoms with Gasteiger partial charge in [0.15, 0.2) is 5.78 Å². The summed E-state index contributed by atoms with van der Waals surface area (Å²) in [5, 5.41) is 0. The fraction of sp³-hybridized carbons (Fsp3) is 0.588. The molecule has 1 unspecified atom stereocenters. The highest BCUT2D eigenvalue weighted by Crippen LogP contribution is 2.33. The minimum absolute atomic E-state index is 0.0951. The lowest BCUT2D eigenvalue weighted by Gasteiger charge is -2.27. The van der Waals surface area contributed by atoms with Crippen LogP contribution in [-0.2, 0) is 0 Å². The number of likely N-dealkylation sites (tertiary alicyclic amines) is 1. The van der Waals surface area contributed by atoms with Crippen LogP contribution >= 0.6 is 0 Å². The summed E-state index contributed by atoms with van der Waals surface area (Å²) in [5.41, 5.74) is 0.545. The van der Waals surface area contributed by atoms with Crippen LogP contribution in [0.15, 0.2) is 24.3 Å². The molecule has 1 aliphatic rings. The average Bonchev–Trinajstić information content (AvgIpc) is 2.85. The van der Waals surface area contributed by atoms with Crippen molar-refractivity contribution < 1.29 is 9.18 Å². The molecule has 3 heteroatoms. The van der Waals surface area contributed by atoms with Crippen LogP contribution in [0, 0.1) is 17.2 Å². The van der Waals surface area contributed by atoms with Crippen molar-refractivity contribution in [2.45, 2.75) is 33.6 Å². The summed E-state index contributed by atoms with van der Waals surface area (Å²) in [6.07, 6.45) is 1.59. The highest BCUT2D eigenvalue weighted by Gasteiger charge is 2.31. The Morgan fingerprint density at radius 2 is 2.05 bits per heavy atom. The SMILES string of the molecule is CC(C)(C)C1CCN(CCC(=O)c2ccccc2F)C1. The van der Waals surface area contributed by atoms with Gasteiger partial charge in [0.05, 0.1) is 5.56 Å². The fourth-order valence-electron chi connectivity index (χ4n) is 2.82. The average molecular weight is 277 g/mol. The smallest absolute Gasteiger partial charge is 0.167 e. The first-order valence-corrected chi connectivity index (χ1v) is 7.38. The highest BCUT2D eigenvalue weighted by atomic mass is 19.1. The zero-order chi connectivity index (χ0) is 14.8. The third-order valence-corrected chi connectivity index (χ3v) is 4.33. The van der Waals surface area contributed by atoms with Gasteiger partial charge in [-0.05, 0) is 36.4 Å². The minimum Gasteiger partial charge on any atom is -0.303 e. The predicted octanol–water partition coefficient (Wildman–Crippen LogP) is 3.77. The van der Waals surface area contributed by atoms with Crippen LogP contribution in [0.25, 0.3) is 0 Å². The van der Waals surface area contributed by atoms with Crippen LogP contribution in [0.4, 0.5) is 4.39 Å². The standard InChI is InChI=1S/C17H24FNO/c1-17(2,3)13-8-10-19(12-13)11-9-16(20)14-6-4-5-7-15(14)18/h4-7,13H,8-12H2,1-3H3. The first kappa shape index (κ1) is 15.2. The molecule has 1 heterocycles. The molecule has 0 bridgehead atoms. The maximum Gasteiger partial charge on any atom is 0.167 e. The first-order chi connectivity index (χ1) is 9.38. The summed E-state index contributed by atoms with van der Waals surface area (Å²) in [7, 11) is 0. The molecule has 1 aromatic carbocycles. The Hall–Kier alpha value is -1.22. The number of nitrogens with zero attached hydrogens (tertiary/aromatic N) is 1. The van der Waals surface area contributed by atoms with E-state index in [1.54, 1.807) is 18.2 Å². The number of carbonyl (C=O) groups excluding carboxylic acids is 1. The monoisotopic (exact) mass is 277 g/mol. The van der Waals surface area contributed by atoms with Crippen molar-refractivity contribution in [3.63, 3.8) is 0 Å². The Bertz CT molecular complexity index is 478. The van der Waals surface area contributed by atoms with E-state index in [0.717, 1.165) is 19.6 Å². The van der Waals surface area contributed by atoms with Crippen molar-refractivity contribution in [2.24, 2.45) is 11.3 Å². The molecule has 2 rings (SSSR count). The lowest BCUT2D eigenvalue weighted by molar-refractivity contribution is 0.0963. The van der Waals surface area contributed by atoms with Gasteiger partial charge in [0.25, 0.3) is 0 Å². The largest absolute Gasteiger partial charge is 0.303 e. The number of halogens is 1. The molecule has 110 valence electrons. The molecule has 0 aromatic heterocycles. The molecule has 0 amide bonds. The van der Waals surface area contributed by atoms with Gasteiger partial charge in [-0.1, -0.05) is 32.9 Å². The van der Waals surface area contributed by atoms with E-state index in [2.05, 4.69) is 25.7 Å². The van der Waals surface area contributed by atoms with Crippen molar-refractivity contribution >= 4 is 5.78 Å². The second kappa shape index (κ2) is 6.04. The molecule has 1 fully saturated rings. The summed E-state index contributed by atoms with van der Waals surface area (Å²) in [6.45, 7) is 9.64. The number of rotatable bonds is 4. The van der Waals surface area contributed by atoms with Gasteiger partial charge in [0, 0.05) is 19.5 Å². The van der Waals surface area contributed by atoms with Crippen molar-refractivity contribution in [2.75, 3.05) is 19.6 Å². The molecule has 0 N–H and O–H groups in total. The quantitative estimate of drug-likeness (QED) is 0.781. The van der Waals surface area contributed by atoms with E-state index in [4.69, 9.17) is 0 Å². The topological polar surface area (TPSA) is 20.3 Å². The molecule has 1 aliphatic heterocycles. The van der Waals surface area contributed by atoms with Crippen LogP contribution in [0.3, 0.4) is 0 Å². The summed E-state index contributed by atoms with van der Waals surface area (Å²) >= 11 is 0. The first-order valence-electron chi connectivity index (χ1n) is 7.38. The van der Waals surface area contributed by atoms with Gasteiger partial charge in [-0.25, -0.2) is 4.39 Å². The minimum atomic E-state index is -0.411. The normalized spacial score (nSPS) is 20.3. The van der Waals surface area contributed by atoms with E-state index >= 15 is 0 Å². The van der Waals surface area contributed by atoms with Gasteiger partial charge in [0.1, 0.15) is 5.82 Å². The molecular weight excluding hydrogens is 253 g/mol. The van der Waals surface area contributed by atoms with Crippen molar-refractivity contribution in [1.29, 1.82) is 0 Å². The van der Waals surface area contributed by atoms with E-state index in [9.17, 15) is 9.18 Å². The summed E-state index contributed by atoms with van der Waals surface area (Å²) in [4.78, 5) is 14.4. The van der Waals surface area contributed by atoms with Crippen molar-refractivity contribution in [3.05, 3.63) is 35.6 Å². The lowest BCUT2D eigenvalue weighted by atomic mass is 9.80. The van der Waals surface area contributed by atoms with E-state index in [0.29, 0.717) is 17.8 Å². The van der Waals surface area contributed by atoms with Gasteiger partial charge < -0.3 is 4.90 Å². The van der Waals surface area contributed by atoms with Crippen LogP contribution in [0.1, 0.15) is 44.0 Å². The Kier molecular flexibility index (Phi) is 4.59. The molecule has 0 radical (unpaired) electrons. The van der Waals surface area contributed by atoms with E-state index in [1.165, 1.54) is 12.5 Å². The maximum atomic E-state index is 13.5. The Morgan fingerprint density at radius 3 is 2.65 bits per heavy atom. The second-order valence-corrected chi connectivity index (χ2v) is 6.81. The van der Waals surface area contributed by atoms with E-state index < -0.39 is 5.82 Å². The van der Waals surface area contributed by atoms with Crippen molar-refractivity contribution in [3.8, 4) is 0 Å². The second-order valence-electron chi connectivity index (χ2n) is 6.81. The summed E-state index contributed by atoms with van der Waals surface area (Å²) < 4.78 is 13.5. The molecule has 1 aromatic rings. The molecule has 2 nitrogen and oxygen atoms in total. The van der Waals surface area contributed by atoms with Crippen LogP contribution in [0.2, 0.25) is 0 Å². The third kappa shape index (κ3) is 3.66. The number of hydrogen-bond acceptors (Lipinski definition) is 2. The Morgan fingerprint density at radius 1 is 1.35 bits per heavy atom. The molecule has 0 spiro atoms. The van der Waals surface area contributed by atoms with Gasteiger partial charge in [0.2, 0.25) is 0 Å². The fourth-order valence-corrected chi connectivity index (χ4v) is 2.82. The number of ketones is 1. The number of carbonyl (C=O) groups is 1. The Balaban J connectivity index is 1.85. The maximum absolute atomic E-state index is 13.5. The number of hydrogen-bond donors (Lipinski definition) is 0. The van der Waals surface area contributed by atoms with Crippen molar-refractivity contribution in [1.82, 2.24) is 4.90 Å². The van der Waals surface area contributed by atoms with E-state index in [-0.39, 0.29) is 11.3 Å². The van der Waals surface area contributed by atoms with Crippen LogP contribution < -0.4 is 0 Å². The molecule has 1 saturated heterocycles. The molecule has 0 saturated carbocycles. The van der Waals surface area contributed by atoms with Gasteiger partial charge in [-0.2, -0.15) is 0 Å². The summed E-state index contributed by atoms with van der Waals surface area (Å²) in [6, 6.07) is 6.24. The van der Waals surface area contributed by atoms with E-state index in [1.807, 2.05) is 0 Å². The molecule has 0 aliphatic carbocycles. The lowest BCUT2D eigenvalue weighted by Crippen LogP contribution is -2.27.